The number of rotatable bonds is 6. The first-order chi connectivity index (χ1) is 13.6. The van der Waals surface area contributed by atoms with Crippen molar-refractivity contribution in [2.24, 2.45) is 0 Å². The summed E-state index contributed by atoms with van der Waals surface area (Å²) in [7, 11) is 0. The van der Waals surface area contributed by atoms with Crippen molar-refractivity contribution in [3.05, 3.63) is 88.5 Å². The predicted octanol–water partition coefficient (Wildman–Crippen LogP) is 5.85. The monoisotopic (exact) mass is 406 g/mol. The molecule has 1 heterocycles. The van der Waals surface area contributed by atoms with Crippen molar-refractivity contribution in [2.75, 3.05) is 5.75 Å². The van der Waals surface area contributed by atoms with Gasteiger partial charge in [-0.3, -0.25) is 14.9 Å². The van der Waals surface area contributed by atoms with Crippen LogP contribution in [0, 0.1) is 10.1 Å². The van der Waals surface area contributed by atoms with Crippen LogP contribution in [0.5, 0.6) is 0 Å². The minimum atomic E-state index is -0.422. The van der Waals surface area contributed by atoms with E-state index >= 15 is 0 Å². The van der Waals surface area contributed by atoms with Crippen molar-refractivity contribution in [1.29, 1.82) is 0 Å². The number of hydrogen-bond donors (Lipinski definition) is 0. The SMILES string of the molecule is O=C(CSc1nc2ccc([N+](=O)[O-])cc2s1)c1ccc(-c2ccccc2)cc1. The molecule has 138 valence electrons. The predicted molar refractivity (Wildman–Crippen MR) is 113 cm³/mol. The highest BCUT2D eigenvalue weighted by Crippen LogP contribution is 2.32. The average Bonchev–Trinajstić information content (AvgIpc) is 3.15. The fourth-order valence-electron chi connectivity index (χ4n) is 2.76. The molecule has 0 amide bonds. The lowest BCUT2D eigenvalue weighted by Gasteiger charge is -2.03. The maximum Gasteiger partial charge on any atom is 0.270 e. The van der Waals surface area contributed by atoms with E-state index in [4.69, 9.17) is 0 Å². The number of non-ortho nitro benzene ring substituents is 1. The minimum absolute atomic E-state index is 0.0230. The standard InChI is InChI=1S/C21H14N2O3S2/c24-19(16-8-6-15(7-9-16)14-4-2-1-3-5-14)13-27-21-22-18-11-10-17(23(25)26)12-20(18)28-21/h1-12H,13H2. The molecule has 3 aromatic carbocycles. The second-order valence-electron chi connectivity index (χ2n) is 6.04. The summed E-state index contributed by atoms with van der Waals surface area (Å²) < 4.78 is 1.47. The topological polar surface area (TPSA) is 73.1 Å². The van der Waals surface area contributed by atoms with Gasteiger partial charge in [-0.2, -0.15) is 0 Å². The number of nitrogens with zero attached hydrogens (tertiary/aromatic N) is 2. The normalized spacial score (nSPS) is 10.9. The molecular formula is C21H14N2O3S2. The molecule has 0 saturated carbocycles. The van der Waals surface area contributed by atoms with Crippen LogP contribution in [0.2, 0.25) is 0 Å². The molecule has 0 spiro atoms. The van der Waals surface area contributed by atoms with Gasteiger partial charge in [0.15, 0.2) is 10.1 Å². The third kappa shape index (κ3) is 3.95. The van der Waals surface area contributed by atoms with E-state index in [-0.39, 0.29) is 17.2 Å². The van der Waals surface area contributed by atoms with E-state index in [0.717, 1.165) is 20.2 Å². The van der Waals surface area contributed by atoms with Gasteiger partial charge in [0.2, 0.25) is 0 Å². The Morgan fingerprint density at radius 1 is 1.00 bits per heavy atom. The third-order valence-corrected chi connectivity index (χ3v) is 6.37. The third-order valence-electron chi connectivity index (χ3n) is 4.20. The van der Waals surface area contributed by atoms with Crippen LogP contribution in [0.15, 0.2) is 77.1 Å². The molecule has 0 unspecified atom stereocenters. The Morgan fingerprint density at radius 2 is 1.71 bits per heavy atom. The second-order valence-corrected chi connectivity index (χ2v) is 8.30. The quantitative estimate of drug-likeness (QED) is 0.174. The van der Waals surface area contributed by atoms with E-state index in [9.17, 15) is 14.9 Å². The average molecular weight is 406 g/mol. The Balaban J connectivity index is 1.44. The lowest BCUT2D eigenvalue weighted by Crippen LogP contribution is -2.01. The zero-order chi connectivity index (χ0) is 19.5. The molecule has 0 aliphatic carbocycles. The summed E-state index contributed by atoms with van der Waals surface area (Å²) in [5.41, 5.74) is 3.58. The molecule has 0 radical (unpaired) electrons. The lowest BCUT2D eigenvalue weighted by atomic mass is 10.0. The first kappa shape index (κ1) is 18.3. The summed E-state index contributed by atoms with van der Waals surface area (Å²) in [5.74, 6) is 0.293. The largest absolute Gasteiger partial charge is 0.293 e. The smallest absolute Gasteiger partial charge is 0.270 e. The van der Waals surface area contributed by atoms with Gasteiger partial charge in [-0.1, -0.05) is 66.4 Å². The number of aromatic nitrogens is 1. The van der Waals surface area contributed by atoms with Gasteiger partial charge in [-0.25, -0.2) is 4.98 Å². The van der Waals surface area contributed by atoms with Gasteiger partial charge in [0.05, 0.1) is 20.9 Å². The Kier molecular flexibility index (Phi) is 5.18. The minimum Gasteiger partial charge on any atom is -0.293 e. The Labute approximate surface area is 169 Å². The molecular weight excluding hydrogens is 392 g/mol. The van der Waals surface area contributed by atoms with Crippen LogP contribution in [-0.2, 0) is 0 Å². The summed E-state index contributed by atoms with van der Waals surface area (Å²) in [6.07, 6.45) is 0. The van der Waals surface area contributed by atoms with E-state index < -0.39 is 4.92 Å². The van der Waals surface area contributed by atoms with Crippen LogP contribution >= 0.6 is 23.1 Å². The molecule has 7 heteroatoms. The van der Waals surface area contributed by atoms with Crippen molar-refractivity contribution < 1.29 is 9.72 Å². The Morgan fingerprint density at radius 3 is 2.43 bits per heavy atom. The molecule has 0 bridgehead atoms. The maximum atomic E-state index is 12.5. The first-order valence-electron chi connectivity index (χ1n) is 8.46. The number of nitro groups is 1. The van der Waals surface area contributed by atoms with E-state index in [1.54, 1.807) is 6.07 Å². The van der Waals surface area contributed by atoms with Crippen molar-refractivity contribution in [2.45, 2.75) is 4.34 Å². The zero-order valence-electron chi connectivity index (χ0n) is 14.6. The van der Waals surface area contributed by atoms with E-state index in [2.05, 4.69) is 4.98 Å². The summed E-state index contributed by atoms with van der Waals surface area (Å²) in [6.45, 7) is 0. The van der Waals surface area contributed by atoms with Gasteiger partial charge in [0, 0.05) is 17.7 Å². The van der Waals surface area contributed by atoms with Gasteiger partial charge < -0.3 is 0 Å². The summed E-state index contributed by atoms with van der Waals surface area (Å²) in [5, 5.41) is 10.9. The van der Waals surface area contributed by atoms with Crippen molar-refractivity contribution in [3.63, 3.8) is 0 Å². The van der Waals surface area contributed by atoms with Crippen LogP contribution in [0.4, 0.5) is 5.69 Å². The van der Waals surface area contributed by atoms with Crippen LogP contribution in [-0.4, -0.2) is 21.4 Å². The molecule has 0 aliphatic heterocycles. The Bertz CT molecular complexity index is 1160. The second kappa shape index (κ2) is 7.92. The number of nitro benzene ring substituents is 1. The van der Waals surface area contributed by atoms with Crippen LogP contribution < -0.4 is 0 Å². The van der Waals surface area contributed by atoms with Gasteiger partial charge in [0.1, 0.15) is 0 Å². The molecule has 1 aromatic heterocycles. The number of Topliss-reactive ketones (excluding diaryl/α,β-unsaturated/α-hetero) is 1. The molecule has 0 fully saturated rings. The highest BCUT2D eigenvalue weighted by Gasteiger charge is 2.13. The number of fused-ring (bicyclic) bond motifs is 1. The van der Waals surface area contributed by atoms with Crippen molar-refractivity contribution in [1.82, 2.24) is 4.98 Å². The molecule has 0 atom stereocenters. The summed E-state index contributed by atoms with van der Waals surface area (Å²) in [6, 6.07) is 22.2. The summed E-state index contributed by atoms with van der Waals surface area (Å²) in [4.78, 5) is 27.4. The molecule has 0 saturated heterocycles. The molecule has 5 nitrogen and oxygen atoms in total. The van der Waals surface area contributed by atoms with Gasteiger partial charge in [-0.15, -0.1) is 11.3 Å². The lowest BCUT2D eigenvalue weighted by molar-refractivity contribution is -0.384. The maximum absolute atomic E-state index is 12.5. The Hall–Kier alpha value is -3.03. The highest BCUT2D eigenvalue weighted by molar-refractivity contribution is 8.01. The van der Waals surface area contributed by atoms with E-state index in [1.165, 1.54) is 35.2 Å². The fourth-order valence-corrected chi connectivity index (χ4v) is 4.75. The molecule has 0 aliphatic rings. The number of hydrogen-bond acceptors (Lipinski definition) is 6. The number of ketones is 1. The van der Waals surface area contributed by atoms with Crippen LogP contribution in [0.3, 0.4) is 0 Å². The van der Waals surface area contributed by atoms with E-state index in [0.29, 0.717) is 11.1 Å². The number of carbonyl (C=O) groups is 1. The van der Waals surface area contributed by atoms with Gasteiger partial charge in [-0.05, 0) is 17.2 Å². The van der Waals surface area contributed by atoms with Crippen molar-refractivity contribution in [3.8, 4) is 11.1 Å². The molecule has 4 rings (SSSR count). The molecule has 4 aromatic rings. The number of carbonyl (C=O) groups excluding carboxylic acids is 1. The molecule has 0 N–H and O–H groups in total. The highest BCUT2D eigenvalue weighted by atomic mass is 32.2. The van der Waals surface area contributed by atoms with Gasteiger partial charge in [0.25, 0.3) is 5.69 Å². The van der Waals surface area contributed by atoms with Crippen LogP contribution in [0.1, 0.15) is 10.4 Å². The van der Waals surface area contributed by atoms with Crippen molar-refractivity contribution >= 4 is 44.8 Å². The zero-order valence-corrected chi connectivity index (χ0v) is 16.2. The number of benzene rings is 3. The van der Waals surface area contributed by atoms with Crippen LogP contribution in [0.25, 0.3) is 21.3 Å². The molecule has 28 heavy (non-hydrogen) atoms. The number of thioether (sulfide) groups is 1. The van der Waals surface area contributed by atoms with E-state index in [1.807, 2.05) is 54.6 Å². The number of thiazole rings is 1. The first-order valence-corrected chi connectivity index (χ1v) is 10.3. The van der Waals surface area contributed by atoms with Gasteiger partial charge >= 0.3 is 0 Å². The summed E-state index contributed by atoms with van der Waals surface area (Å²) >= 11 is 2.71. The fraction of sp³-hybridized carbons (Fsp3) is 0.0476.